The van der Waals surface area contributed by atoms with Gasteiger partial charge >= 0.3 is 5.97 Å². The van der Waals surface area contributed by atoms with Crippen molar-refractivity contribution in [2.45, 2.75) is 19.8 Å². The van der Waals surface area contributed by atoms with Gasteiger partial charge in [-0.1, -0.05) is 19.1 Å². The molecule has 1 aromatic carbocycles. The summed E-state index contributed by atoms with van der Waals surface area (Å²) in [5, 5.41) is 12.4. The zero-order chi connectivity index (χ0) is 19.4. The highest BCUT2D eigenvalue weighted by Crippen LogP contribution is 2.32. The monoisotopic (exact) mass is 373 g/mol. The molecule has 2 N–H and O–H groups in total. The van der Waals surface area contributed by atoms with Crippen LogP contribution in [0.2, 0.25) is 0 Å². The Morgan fingerprint density at radius 1 is 1.37 bits per heavy atom. The summed E-state index contributed by atoms with van der Waals surface area (Å²) in [5.74, 6) is -0.216. The van der Waals surface area contributed by atoms with Gasteiger partial charge < -0.3 is 25.0 Å². The number of nitrogens with zero attached hydrogens (tertiary/aromatic N) is 2. The summed E-state index contributed by atoms with van der Waals surface area (Å²) in [7, 11) is 1.30. The topological polar surface area (TPSA) is 82.1 Å². The maximum atomic E-state index is 12.7. The second-order valence-electron chi connectivity index (χ2n) is 7.13. The summed E-state index contributed by atoms with van der Waals surface area (Å²) in [6.07, 6.45) is 2.35. The van der Waals surface area contributed by atoms with Crippen LogP contribution < -0.4 is 10.2 Å². The molecule has 0 aliphatic carbocycles. The quantitative estimate of drug-likeness (QED) is 0.737. The lowest BCUT2D eigenvalue weighted by atomic mass is 9.99. The van der Waals surface area contributed by atoms with Gasteiger partial charge in [0.25, 0.3) is 5.91 Å². The number of benzene rings is 1. The molecule has 2 aliphatic rings. The SMILES string of the molecule is COC(=O)C1=C(Nc2ccccc2N2CCCC(C)C2)C(=O)N(CCO)C1. The molecule has 1 fully saturated rings. The van der Waals surface area contributed by atoms with E-state index in [0.29, 0.717) is 5.92 Å². The molecule has 146 valence electrons. The van der Waals surface area contributed by atoms with Crippen molar-refractivity contribution in [3.63, 3.8) is 0 Å². The standard InChI is InChI=1S/C20H27N3O4/c1-14-6-5-9-22(12-14)17-8-4-3-7-16(17)21-18-15(20(26)27-2)13-23(10-11-24)19(18)25/h3-4,7-8,14,21,24H,5-6,9-13H2,1-2H3. The largest absolute Gasteiger partial charge is 0.466 e. The predicted molar refractivity (Wildman–Crippen MR) is 103 cm³/mol. The van der Waals surface area contributed by atoms with Gasteiger partial charge in [-0.2, -0.15) is 0 Å². The minimum absolute atomic E-state index is 0.136. The van der Waals surface area contributed by atoms with E-state index in [9.17, 15) is 14.7 Å². The van der Waals surface area contributed by atoms with E-state index in [1.807, 2.05) is 24.3 Å². The first kappa shape index (κ1) is 19.2. The van der Waals surface area contributed by atoms with Crippen LogP contribution in [0.5, 0.6) is 0 Å². The fourth-order valence-electron chi connectivity index (χ4n) is 3.75. The molecule has 1 unspecified atom stereocenters. The van der Waals surface area contributed by atoms with Crippen LogP contribution in [0.15, 0.2) is 35.5 Å². The number of carbonyl (C=O) groups excluding carboxylic acids is 2. The van der Waals surface area contributed by atoms with Gasteiger partial charge in [-0.25, -0.2) is 4.79 Å². The lowest BCUT2D eigenvalue weighted by molar-refractivity contribution is -0.136. The van der Waals surface area contributed by atoms with E-state index in [1.54, 1.807) is 0 Å². The van der Waals surface area contributed by atoms with E-state index >= 15 is 0 Å². The molecular weight excluding hydrogens is 346 g/mol. The molecule has 0 aromatic heterocycles. The number of carbonyl (C=O) groups is 2. The molecule has 7 heteroatoms. The Hall–Kier alpha value is -2.54. The average molecular weight is 373 g/mol. The number of hydrogen-bond acceptors (Lipinski definition) is 6. The average Bonchev–Trinajstić information content (AvgIpc) is 2.98. The lowest BCUT2D eigenvalue weighted by Crippen LogP contribution is -2.35. The normalized spacial score (nSPS) is 20.3. The van der Waals surface area contributed by atoms with Gasteiger partial charge in [0, 0.05) is 19.6 Å². The Bertz CT molecular complexity index is 746. The van der Waals surface area contributed by atoms with E-state index in [2.05, 4.69) is 17.1 Å². The summed E-state index contributed by atoms with van der Waals surface area (Å²) in [6.45, 7) is 4.33. The van der Waals surface area contributed by atoms with Gasteiger partial charge in [-0.05, 0) is 30.9 Å². The van der Waals surface area contributed by atoms with Crippen LogP contribution >= 0.6 is 0 Å². The molecule has 0 spiro atoms. The Labute approximate surface area is 159 Å². The first-order valence-electron chi connectivity index (χ1n) is 9.37. The van der Waals surface area contributed by atoms with Gasteiger partial charge in [-0.15, -0.1) is 0 Å². The molecule has 2 heterocycles. The number of aliphatic hydroxyl groups is 1. The fourth-order valence-corrected chi connectivity index (χ4v) is 3.75. The molecule has 7 nitrogen and oxygen atoms in total. The zero-order valence-electron chi connectivity index (χ0n) is 15.9. The van der Waals surface area contributed by atoms with Crippen LogP contribution in [-0.4, -0.2) is 61.8 Å². The molecular formula is C20H27N3O4. The molecule has 2 aliphatic heterocycles. The number of nitrogens with one attached hydrogen (secondary N) is 1. The number of esters is 1. The molecule has 0 saturated carbocycles. The van der Waals surface area contributed by atoms with Crippen molar-refractivity contribution in [2.75, 3.05) is 50.1 Å². The highest BCUT2D eigenvalue weighted by atomic mass is 16.5. The van der Waals surface area contributed by atoms with Crippen molar-refractivity contribution < 1.29 is 19.4 Å². The Morgan fingerprint density at radius 3 is 2.85 bits per heavy atom. The number of para-hydroxylation sites is 2. The first-order valence-corrected chi connectivity index (χ1v) is 9.37. The first-order chi connectivity index (χ1) is 13.0. The molecule has 3 rings (SSSR count). The van der Waals surface area contributed by atoms with Gasteiger partial charge in [-0.3, -0.25) is 4.79 Å². The van der Waals surface area contributed by atoms with Crippen LogP contribution in [-0.2, 0) is 14.3 Å². The zero-order valence-corrected chi connectivity index (χ0v) is 15.9. The van der Waals surface area contributed by atoms with Crippen molar-refractivity contribution in [3.05, 3.63) is 35.5 Å². The molecule has 0 bridgehead atoms. The van der Waals surface area contributed by atoms with Gasteiger partial charge in [0.15, 0.2) is 0 Å². The van der Waals surface area contributed by atoms with Crippen molar-refractivity contribution in [1.82, 2.24) is 4.90 Å². The van der Waals surface area contributed by atoms with Crippen LogP contribution in [0.1, 0.15) is 19.8 Å². The number of β-amino-alcohol motifs (C(OH)–C–C–N with tert-alkyl or cyclic N) is 1. The number of amides is 1. The van der Waals surface area contributed by atoms with Crippen molar-refractivity contribution >= 4 is 23.3 Å². The van der Waals surface area contributed by atoms with Crippen molar-refractivity contribution in [3.8, 4) is 0 Å². The van der Waals surface area contributed by atoms with Gasteiger partial charge in [0.1, 0.15) is 5.70 Å². The highest BCUT2D eigenvalue weighted by Gasteiger charge is 2.35. The van der Waals surface area contributed by atoms with E-state index in [4.69, 9.17) is 4.74 Å². The number of ether oxygens (including phenoxy) is 1. The molecule has 1 amide bonds. The van der Waals surface area contributed by atoms with E-state index < -0.39 is 5.97 Å². The van der Waals surface area contributed by atoms with Gasteiger partial charge in [0.05, 0.1) is 37.2 Å². The van der Waals surface area contributed by atoms with Crippen molar-refractivity contribution in [2.24, 2.45) is 5.92 Å². The van der Waals surface area contributed by atoms with Crippen LogP contribution in [0.4, 0.5) is 11.4 Å². The number of methoxy groups -OCH3 is 1. The third-order valence-corrected chi connectivity index (χ3v) is 5.11. The molecule has 1 saturated heterocycles. The smallest absolute Gasteiger partial charge is 0.337 e. The van der Waals surface area contributed by atoms with Crippen LogP contribution in [0.25, 0.3) is 0 Å². The number of aliphatic hydroxyl groups excluding tert-OH is 1. The van der Waals surface area contributed by atoms with E-state index in [0.717, 1.165) is 30.9 Å². The van der Waals surface area contributed by atoms with Crippen molar-refractivity contribution in [1.29, 1.82) is 0 Å². The van der Waals surface area contributed by atoms with E-state index in [1.165, 1.54) is 18.4 Å². The van der Waals surface area contributed by atoms with Crippen LogP contribution in [0.3, 0.4) is 0 Å². The number of hydrogen-bond donors (Lipinski definition) is 2. The summed E-state index contributed by atoms with van der Waals surface area (Å²) in [5.41, 5.74) is 2.34. The molecule has 0 radical (unpaired) electrons. The molecule has 1 aromatic rings. The predicted octanol–water partition coefficient (Wildman–Crippen LogP) is 1.60. The maximum Gasteiger partial charge on any atom is 0.337 e. The Morgan fingerprint density at radius 2 is 2.15 bits per heavy atom. The molecule has 1 atom stereocenters. The second-order valence-corrected chi connectivity index (χ2v) is 7.13. The highest BCUT2D eigenvalue weighted by molar-refractivity contribution is 6.09. The second kappa shape index (κ2) is 8.43. The summed E-state index contributed by atoms with van der Waals surface area (Å²) < 4.78 is 4.85. The fraction of sp³-hybridized carbons (Fsp3) is 0.500. The molecule has 27 heavy (non-hydrogen) atoms. The Kier molecular flexibility index (Phi) is 6.01. The number of piperidine rings is 1. The minimum atomic E-state index is -0.532. The van der Waals surface area contributed by atoms with Crippen LogP contribution in [0, 0.1) is 5.92 Å². The Balaban J connectivity index is 1.90. The minimum Gasteiger partial charge on any atom is -0.466 e. The van der Waals surface area contributed by atoms with Gasteiger partial charge in [0.2, 0.25) is 0 Å². The number of rotatable bonds is 6. The maximum absolute atomic E-state index is 12.7. The van der Waals surface area contributed by atoms with E-state index in [-0.39, 0.29) is 36.9 Å². The summed E-state index contributed by atoms with van der Waals surface area (Å²) in [6, 6.07) is 7.83. The third kappa shape index (κ3) is 4.08. The summed E-state index contributed by atoms with van der Waals surface area (Å²) >= 11 is 0. The third-order valence-electron chi connectivity index (χ3n) is 5.11. The number of anilines is 2. The summed E-state index contributed by atoms with van der Waals surface area (Å²) in [4.78, 5) is 28.7. The lowest BCUT2D eigenvalue weighted by Gasteiger charge is -2.34.